The normalized spacial score (nSPS) is 32.0. The number of aliphatic hydroxyl groups excluding tert-OH is 1. The van der Waals surface area contributed by atoms with Crippen LogP contribution in [0.25, 0.3) is 0 Å². The van der Waals surface area contributed by atoms with E-state index in [1.807, 2.05) is 0 Å². The Morgan fingerprint density at radius 1 is 1.33 bits per heavy atom. The summed E-state index contributed by atoms with van der Waals surface area (Å²) in [7, 11) is 0. The van der Waals surface area contributed by atoms with E-state index in [1.54, 1.807) is 0 Å². The van der Waals surface area contributed by atoms with Gasteiger partial charge in [0.15, 0.2) is 0 Å². The van der Waals surface area contributed by atoms with Crippen molar-refractivity contribution in [3.63, 3.8) is 0 Å². The summed E-state index contributed by atoms with van der Waals surface area (Å²) in [5, 5.41) is 9.54. The van der Waals surface area contributed by atoms with Crippen molar-refractivity contribution in [2.24, 2.45) is 11.3 Å². The molecule has 0 spiro atoms. The van der Waals surface area contributed by atoms with Crippen LogP contribution >= 0.6 is 0 Å². The van der Waals surface area contributed by atoms with E-state index in [2.05, 4.69) is 20.8 Å². The summed E-state index contributed by atoms with van der Waals surface area (Å²) in [4.78, 5) is 0. The summed E-state index contributed by atoms with van der Waals surface area (Å²) >= 11 is 0. The maximum atomic E-state index is 9.54. The third-order valence-electron chi connectivity index (χ3n) is 3.66. The summed E-state index contributed by atoms with van der Waals surface area (Å²) in [5.74, 6) is 0.742. The first-order valence-electron chi connectivity index (χ1n) is 5.24. The third kappa shape index (κ3) is 2.22. The minimum atomic E-state index is -0.0189. The van der Waals surface area contributed by atoms with Crippen LogP contribution in [0.3, 0.4) is 0 Å². The summed E-state index contributed by atoms with van der Waals surface area (Å²) < 4.78 is 0. The van der Waals surface area contributed by atoms with E-state index >= 15 is 0 Å². The van der Waals surface area contributed by atoms with Crippen LogP contribution in [0, 0.1) is 11.3 Å². The Morgan fingerprint density at radius 2 is 2.00 bits per heavy atom. The monoisotopic (exact) mass is 170 g/mol. The van der Waals surface area contributed by atoms with Gasteiger partial charge in [-0.25, -0.2) is 0 Å². The Hall–Kier alpha value is -0.0400. The van der Waals surface area contributed by atoms with Crippen molar-refractivity contribution in [3.8, 4) is 0 Å². The lowest BCUT2D eigenvalue weighted by Gasteiger charge is -2.38. The van der Waals surface area contributed by atoms with Crippen LogP contribution in [0.5, 0.6) is 0 Å². The molecular weight excluding hydrogens is 148 g/mol. The molecule has 2 atom stereocenters. The quantitative estimate of drug-likeness (QED) is 0.675. The molecule has 1 heteroatoms. The van der Waals surface area contributed by atoms with Gasteiger partial charge in [0.2, 0.25) is 0 Å². The maximum absolute atomic E-state index is 9.54. The predicted octanol–water partition coefficient (Wildman–Crippen LogP) is 2.97. The van der Waals surface area contributed by atoms with Gasteiger partial charge in [-0.05, 0) is 30.6 Å². The molecule has 0 heterocycles. The van der Waals surface area contributed by atoms with Gasteiger partial charge in [0.25, 0.3) is 0 Å². The second-order valence-corrected chi connectivity index (χ2v) is 4.86. The van der Waals surface area contributed by atoms with Crippen LogP contribution in [0.15, 0.2) is 0 Å². The van der Waals surface area contributed by atoms with E-state index in [9.17, 15) is 5.11 Å². The van der Waals surface area contributed by atoms with Crippen LogP contribution < -0.4 is 0 Å². The van der Waals surface area contributed by atoms with Crippen LogP contribution in [-0.4, -0.2) is 11.2 Å². The minimum absolute atomic E-state index is 0.0189. The van der Waals surface area contributed by atoms with Crippen LogP contribution in [0.1, 0.15) is 52.9 Å². The molecule has 0 aromatic carbocycles. The van der Waals surface area contributed by atoms with E-state index in [0.29, 0.717) is 5.41 Å². The molecule has 1 aliphatic rings. The Morgan fingerprint density at radius 3 is 2.50 bits per heavy atom. The van der Waals surface area contributed by atoms with Gasteiger partial charge in [-0.1, -0.05) is 33.6 Å². The van der Waals surface area contributed by atoms with Crippen molar-refractivity contribution in [2.45, 2.75) is 59.0 Å². The molecule has 0 aliphatic heterocycles. The van der Waals surface area contributed by atoms with Crippen LogP contribution in [0.4, 0.5) is 0 Å². The molecule has 12 heavy (non-hydrogen) atoms. The van der Waals surface area contributed by atoms with Gasteiger partial charge in [0.05, 0.1) is 6.10 Å². The molecule has 1 nitrogen and oxygen atoms in total. The Labute approximate surface area is 76.2 Å². The number of rotatable bonds is 2. The second-order valence-electron chi connectivity index (χ2n) is 4.86. The largest absolute Gasteiger partial charge is 0.393 e. The lowest BCUT2D eigenvalue weighted by atomic mass is 9.69. The molecule has 1 unspecified atom stereocenters. The van der Waals surface area contributed by atoms with Gasteiger partial charge in [-0.2, -0.15) is 0 Å². The fraction of sp³-hybridized carbons (Fsp3) is 1.00. The molecule has 1 fully saturated rings. The van der Waals surface area contributed by atoms with Crippen molar-refractivity contribution in [1.29, 1.82) is 0 Å². The second kappa shape index (κ2) is 3.78. The molecule has 0 aromatic heterocycles. The van der Waals surface area contributed by atoms with Crippen molar-refractivity contribution in [3.05, 3.63) is 0 Å². The minimum Gasteiger partial charge on any atom is -0.393 e. The van der Waals surface area contributed by atoms with E-state index in [-0.39, 0.29) is 6.10 Å². The van der Waals surface area contributed by atoms with Crippen LogP contribution in [-0.2, 0) is 0 Å². The Balaban J connectivity index is 2.50. The Bertz CT molecular complexity index is 140. The first-order valence-corrected chi connectivity index (χ1v) is 5.24. The standard InChI is InChI=1S/C11H22O/c1-4-11(2,3)9-6-5-7-10(12)8-9/h9-10,12H,4-8H2,1-3H3/t9?,10-/m1/s1. The summed E-state index contributed by atoms with van der Waals surface area (Å²) in [6.07, 6.45) is 5.80. The van der Waals surface area contributed by atoms with E-state index in [1.165, 1.54) is 19.3 Å². The number of hydrogen-bond donors (Lipinski definition) is 1. The van der Waals surface area contributed by atoms with Gasteiger partial charge in [-0.3, -0.25) is 0 Å². The van der Waals surface area contributed by atoms with E-state index < -0.39 is 0 Å². The highest BCUT2D eigenvalue weighted by molar-refractivity contribution is 4.82. The summed E-state index contributed by atoms with van der Waals surface area (Å²) in [6, 6.07) is 0. The van der Waals surface area contributed by atoms with Crippen molar-refractivity contribution in [2.75, 3.05) is 0 Å². The molecule has 0 radical (unpaired) electrons. The molecule has 72 valence electrons. The molecule has 0 amide bonds. The molecule has 1 aliphatic carbocycles. The van der Waals surface area contributed by atoms with Gasteiger partial charge in [-0.15, -0.1) is 0 Å². The fourth-order valence-electron chi connectivity index (χ4n) is 2.16. The first kappa shape index (κ1) is 10.0. The van der Waals surface area contributed by atoms with Crippen LogP contribution in [0.2, 0.25) is 0 Å². The lowest BCUT2D eigenvalue weighted by molar-refractivity contribution is 0.0497. The predicted molar refractivity (Wildman–Crippen MR) is 52.0 cm³/mol. The topological polar surface area (TPSA) is 20.2 Å². The summed E-state index contributed by atoms with van der Waals surface area (Å²) in [5.41, 5.74) is 0.432. The van der Waals surface area contributed by atoms with Gasteiger partial charge >= 0.3 is 0 Å². The molecule has 0 saturated heterocycles. The van der Waals surface area contributed by atoms with Crippen molar-refractivity contribution in [1.82, 2.24) is 0 Å². The Kier molecular flexibility index (Phi) is 3.16. The average molecular weight is 170 g/mol. The number of hydrogen-bond acceptors (Lipinski definition) is 1. The molecular formula is C11H22O. The van der Waals surface area contributed by atoms with E-state index in [4.69, 9.17) is 0 Å². The smallest absolute Gasteiger partial charge is 0.0543 e. The fourth-order valence-corrected chi connectivity index (χ4v) is 2.16. The lowest BCUT2D eigenvalue weighted by Crippen LogP contribution is -2.30. The average Bonchev–Trinajstić information content (AvgIpc) is 2.05. The third-order valence-corrected chi connectivity index (χ3v) is 3.66. The maximum Gasteiger partial charge on any atom is 0.0543 e. The zero-order valence-electron chi connectivity index (χ0n) is 8.64. The van der Waals surface area contributed by atoms with Gasteiger partial charge < -0.3 is 5.11 Å². The van der Waals surface area contributed by atoms with Gasteiger partial charge in [0.1, 0.15) is 0 Å². The number of aliphatic hydroxyl groups is 1. The summed E-state index contributed by atoms with van der Waals surface area (Å²) in [6.45, 7) is 6.91. The molecule has 1 saturated carbocycles. The van der Waals surface area contributed by atoms with E-state index in [0.717, 1.165) is 18.8 Å². The van der Waals surface area contributed by atoms with Crippen molar-refractivity contribution < 1.29 is 5.11 Å². The zero-order chi connectivity index (χ0) is 9.19. The SMILES string of the molecule is CCC(C)(C)C1CCC[C@@H](O)C1. The molecule has 0 bridgehead atoms. The van der Waals surface area contributed by atoms with Gasteiger partial charge in [0, 0.05) is 0 Å². The highest BCUT2D eigenvalue weighted by Gasteiger charge is 2.31. The molecule has 1 N–H and O–H groups in total. The first-order chi connectivity index (χ1) is 5.56. The molecule has 0 aromatic rings. The highest BCUT2D eigenvalue weighted by Crippen LogP contribution is 2.40. The zero-order valence-corrected chi connectivity index (χ0v) is 8.64. The van der Waals surface area contributed by atoms with Crippen molar-refractivity contribution >= 4 is 0 Å². The highest BCUT2D eigenvalue weighted by atomic mass is 16.3. The molecule has 1 rings (SSSR count).